The van der Waals surface area contributed by atoms with Crippen LogP contribution in [0.15, 0.2) is 18.3 Å². The van der Waals surface area contributed by atoms with E-state index < -0.39 is 0 Å². The molecule has 0 unspecified atom stereocenters. The van der Waals surface area contributed by atoms with Gasteiger partial charge in [0.05, 0.1) is 5.69 Å². The molecule has 0 radical (unpaired) electrons. The summed E-state index contributed by atoms with van der Waals surface area (Å²) in [4.78, 5) is 4.41. The van der Waals surface area contributed by atoms with Gasteiger partial charge in [0.15, 0.2) is 0 Å². The Morgan fingerprint density at radius 2 is 2.15 bits per heavy atom. The molecule has 2 N–H and O–H groups in total. The molecule has 0 aromatic carbocycles. The zero-order valence-corrected chi connectivity index (χ0v) is 7.91. The molecule has 13 heavy (non-hydrogen) atoms. The lowest BCUT2D eigenvalue weighted by atomic mass is 10.3. The fourth-order valence-corrected chi connectivity index (χ4v) is 1.44. The number of aromatic nitrogens is 2. The van der Waals surface area contributed by atoms with Gasteiger partial charge < -0.3 is 10.1 Å². The number of hydrogen-bond acceptors (Lipinski definition) is 2. The summed E-state index contributed by atoms with van der Waals surface area (Å²) in [5, 5.41) is 0. The third-order valence-corrected chi connectivity index (χ3v) is 2.39. The van der Waals surface area contributed by atoms with E-state index in [1.165, 1.54) is 5.69 Å². The van der Waals surface area contributed by atoms with Crippen molar-refractivity contribution in [3.63, 3.8) is 0 Å². The van der Waals surface area contributed by atoms with Crippen molar-refractivity contribution in [3.8, 4) is 0 Å². The van der Waals surface area contributed by atoms with Crippen molar-refractivity contribution in [1.29, 1.82) is 0 Å². The van der Waals surface area contributed by atoms with Crippen LogP contribution in [0.3, 0.4) is 0 Å². The molecule has 2 rings (SSSR count). The molecule has 2 heterocycles. The topological polar surface area (TPSA) is 43.3 Å². The summed E-state index contributed by atoms with van der Waals surface area (Å²) in [6, 6.07) is 4.02. The van der Waals surface area contributed by atoms with Gasteiger partial charge in [0.25, 0.3) is 0 Å². The highest BCUT2D eigenvalue weighted by molar-refractivity contribution is 5.44. The minimum atomic E-state index is 0.576. The number of nitrogens with zero attached hydrogens (tertiary/aromatic N) is 2. The van der Waals surface area contributed by atoms with E-state index in [2.05, 4.69) is 16.3 Å². The summed E-state index contributed by atoms with van der Waals surface area (Å²) in [6.07, 6.45) is 2.05. The molecular weight excluding hydrogens is 162 g/mol. The van der Waals surface area contributed by atoms with Crippen LogP contribution in [0, 0.1) is 13.8 Å². The summed E-state index contributed by atoms with van der Waals surface area (Å²) in [5.74, 6) is 0. The third-order valence-electron chi connectivity index (χ3n) is 2.39. The highest BCUT2D eigenvalue weighted by Crippen LogP contribution is 2.11. The highest BCUT2D eigenvalue weighted by atomic mass is 15.0. The van der Waals surface area contributed by atoms with E-state index in [0.717, 1.165) is 16.9 Å². The molecular formula is C10H13N3. The van der Waals surface area contributed by atoms with Crippen LogP contribution in [0.4, 0.5) is 0 Å². The molecule has 0 spiro atoms. The van der Waals surface area contributed by atoms with Crippen molar-refractivity contribution in [2.45, 2.75) is 20.4 Å². The van der Waals surface area contributed by atoms with E-state index in [4.69, 9.17) is 5.73 Å². The van der Waals surface area contributed by atoms with Gasteiger partial charge in [0.1, 0.15) is 5.65 Å². The molecule has 0 amide bonds. The van der Waals surface area contributed by atoms with E-state index >= 15 is 0 Å². The van der Waals surface area contributed by atoms with Crippen LogP contribution in [0.1, 0.15) is 17.0 Å². The van der Waals surface area contributed by atoms with Crippen molar-refractivity contribution in [3.05, 3.63) is 35.3 Å². The van der Waals surface area contributed by atoms with E-state index in [-0.39, 0.29) is 0 Å². The molecule has 2 aromatic rings. The average Bonchev–Trinajstić information content (AvgIpc) is 2.43. The summed E-state index contributed by atoms with van der Waals surface area (Å²) >= 11 is 0. The van der Waals surface area contributed by atoms with Crippen LogP contribution >= 0.6 is 0 Å². The summed E-state index contributed by atoms with van der Waals surface area (Å²) in [7, 11) is 0. The standard InChI is InChI=1S/C10H13N3/c1-7-8(2)13-6-9(5-11)3-4-10(13)12-7/h3-4,6H,5,11H2,1-2H3. The van der Waals surface area contributed by atoms with Crippen molar-refractivity contribution < 1.29 is 0 Å². The van der Waals surface area contributed by atoms with Crippen LogP contribution < -0.4 is 5.73 Å². The predicted molar refractivity (Wildman–Crippen MR) is 52.6 cm³/mol. The maximum absolute atomic E-state index is 5.56. The van der Waals surface area contributed by atoms with Gasteiger partial charge in [-0.1, -0.05) is 6.07 Å². The number of fused-ring (bicyclic) bond motifs is 1. The van der Waals surface area contributed by atoms with Gasteiger partial charge >= 0.3 is 0 Å². The lowest BCUT2D eigenvalue weighted by molar-refractivity contribution is 1.01. The average molecular weight is 175 g/mol. The number of nitrogens with two attached hydrogens (primary N) is 1. The number of rotatable bonds is 1. The summed E-state index contributed by atoms with van der Waals surface area (Å²) in [5.41, 5.74) is 9.95. The lowest BCUT2D eigenvalue weighted by Crippen LogP contribution is -1.98. The van der Waals surface area contributed by atoms with Crippen molar-refractivity contribution >= 4 is 5.65 Å². The van der Waals surface area contributed by atoms with Gasteiger partial charge in [-0.25, -0.2) is 4.98 Å². The molecule has 0 aliphatic rings. The molecule has 0 aliphatic heterocycles. The Morgan fingerprint density at radius 1 is 1.38 bits per heavy atom. The first-order valence-electron chi connectivity index (χ1n) is 4.36. The molecule has 0 aliphatic carbocycles. The Kier molecular flexibility index (Phi) is 1.81. The molecule has 2 aromatic heterocycles. The lowest BCUT2D eigenvalue weighted by Gasteiger charge is -1.99. The van der Waals surface area contributed by atoms with Crippen LogP contribution in [0.25, 0.3) is 5.65 Å². The first-order valence-corrected chi connectivity index (χ1v) is 4.36. The van der Waals surface area contributed by atoms with Crippen LogP contribution in [0.2, 0.25) is 0 Å². The number of aryl methyl sites for hydroxylation is 2. The van der Waals surface area contributed by atoms with E-state index in [1.54, 1.807) is 0 Å². The van der Waals surface area contributed by atoms with Crippen molar-refractivity contribution in [2.75, 3.05) is 0 Å². The maximum atomic E-state index is 5.56. The first-order chi connectivity index (χ1) is 6.22. The van der Waals surface area contributed by atoms with Gasteiger partial charge in [0, 0.05) is 18.4 Å². The summed E-state index contributed by atoms with van der Waals surface area (Å²) in [6.45, 7) is 4.66. The van der Waals surface area contributed by atoms with E-state index in [1.807, 2.05) is 25.3 Å². The Balaban J connectivity index is 2.75. The van der Waals surface area contributed by atoms with Gasteiger partial charge in [-0.15, -0.1) is 0 Å². The highest BCUT2D eigenvalue weighted by Gasteiger charge is 2.03. The minimum Gasteiger partial charge on any atom is -0.326 e. The Hall–Kier alpha value is -1.35. The van der Waals surface area contributed by atoms with Crippen molar-refractivity contribution in [1.82, 2.24) is 9.38 Å². The Morgan fingerprint density at radius 3 is 2.85 bits per heavy atom. The quantitative estimate of drug-likeness (QED) is 0.712. The van der Waals surface area contributed by atoms with Crippen LogP contribution in [0.5, 0.6) is 0 Å². The first kappa shape index (κ1) is 8.26. The van der Waals surface area contributed by atoms with Crippen molar-refractivity contribution in [2.24, 2.45) is 5.73 Å². The minimum absolute atomic E-state index is 0.576. The fraction of sp³-hybridized carbons (Fsp3) is 0.300. The third kappa shape index (κ3) is 1.21. The van der Waals surface area contributed by atoms with Crippen LogP contribution in [-0.4, -0.2) is 9.38 Å². The van der Waals surface area contributed by atoms with Crippen LogP contribution in [-0.2, 0) is 6.54 Å². The molecule has 0 atom stereocenters. The maximum Gasteiger partial charge on any atom is 0.137 e. The number of pyridine rings is 1. The molecule has 0 bridgehead atoms. The molecule has 0 saturated heterocycles. The molecule has 68 valence electrons. The molecule has 3 nitrogen and oxygen atoms in total. The molecule has 0 saturated carbocycles. The second-order valence-electron chi connectivity index (χ2n) is 3.25. The van der Waals surface area contributed by atoms with Gasteiger partial charge in [-0.3, -0.25) is 0 Å². The predicted octanol–water partition coefficient (Wildman–Crippen LogP) is 1.41. The number of hydrogen-bond donors (Lipinski definition) is 1. The zero-order valence-electron chi connectivity index (χ0n) is 7.91. The smallest absolute Gasteiger partial charge is 0.137 e. The zero-order chi connectivity index (χ0) is 9.42. The normalized spacial score (nSPS) is 11.0. The number of imidazole rings is 1. The van der Waals surface area contributed by atoms with E-state index in [0.29, 0.717) is 6.54 Å². The summed E-state index contributed by atoms with van der Waals surface area (Å²) < 4.78 is 2.08. The van der Waals surface area contributed by atoms with E-state index in [9.17, 15) is 0 Å². The SMILES string of the molecule is Cc1nc2ccc(CN)cn2c1C. The van der Waals surface area contributed by atoms with Gasteiger partial charge in [-0.2, -0.15) is 0 Å². The largest absolute Gasteiger partial charge is 0.326 e. The second-order valence-corrected chi connectivity index (χ2v) is 3.25. The Labute approximate surface area is 77.2 Å². The van der Waals surface area contributed by atoms with Gasteiger partial charge in [0.2, 0.25) is 0 Å². The second kappa shape index (κ2) is 2.85. The Bertz CT molecular complexity index is 443. The molecule has 3 heteroatoms. The van der Waals surface area contributed by atoms with Gasteiger partial charge in [-0.05, 0) is 25.5 Å². The monoisotopic (exact) mass is 175 g/mol. The molecule has 0 fully saturated rings. The fourth-order valence-electron chi connectivity index (χ4n) is 1.44.